The normalized spacial score (nSPS) is 12.1. The minimum absolute atomic E-state index is 0.0814. The van der Waals surface area contributed by atoms with Crippen LogP contribution < -0.4 is 5.32 Å². The standard InChI is InChI=1S/C14H16N4O2S2/c1-9(2)8-22(19,20)10-3-4-12-11(7-10)13(18-17-12)16-14-15-5-6-21-14/h3-7,9H,8H2,1-2H3,(H2,15,16,17,18). The topological polar surface area (TPSA) is 87.7 Å². The Hall–Kier alpha value is -1.93. The first-order valence-corrected chi connectivity index (χ1v) is 9.36. The quantitative estimate of drug-likeness (QED) is 0.747. The zero-order chi connectivity index (χ0) is 15.7. The summed E-state index contributed by atoms with van der Waals surface area (Å²) >= 11 is 1.45. The van der Waals surface area contributed by atoms with E-state index in [9.17, 15) is 8.42 Å². The van der Waals surface area contributed by atoms with Crippen LogP contribution in [0.4, 0.5) is 10.9 Å². The average Bonchev–Trinajstić information content (AvgIpc) is 3.07. The fourth-order valence-corrected chi connectivity index (χ4v) is 4.37. The molecule has 6 nitrogen and oxygen atoms in total. The highest BCUT2D eigenvalue weighted by atomic mass is 32.2. The van der Waals surface area contributed by atoms with E-state index >= 15 is 0 Å². The highest BCUT2D eigenvalue weighted by Gasteiger charge is 2.18. The number of aromatic amines is 1. The van der Waals surface area contributed by atoms with E-state index in [2.05, 4.69) is 20.5 Å². The second-order valence-electron chi connectivity index (χ2n) is 5.42. The van der Waals surface area contributed by atoms with Gasteiger partial charge in [-0.3, -0.25) is 5.10 Å². The van der Waals surface area contributed by atoms with Gasteiger partial charge in [0.15, 0.2) is 20.8 Å². The Kier molecular flexibility index (Phi) is 3.88. The molecule has 0 saturated heterocycles. The first kappa shape index (κ1) is 15.0. The van der Waals surface area contributed by atoms with Gasteiger partial charge in [0.1, 0.15) is 0 Å². The van der Waals surface area contributed by atoms with Crippen molar-refractivity contribution in [1.82, 2.24) is 15.2 Å². The number of hydrogen-bond donors (Lipinski definition) is 2. The largest absolute Gasteiger partial charge is 0.314 e. The van der Waals surface area contributed by atoms with E-state index < -0.39 is 9.84 Å². The van der Waals surface area contributed by atoms with Crippen LogP contribution in [0, 0.1) is 5.92 Å². The van der Waals surface area contributed by atoms with Crippen molar-refractivity contribution in [3.63, 3.8) is 0 Å². The van der Waals surface area contributed by atoms with Gasteiger partial charge in [-0.1, -0.05) is 13.8 Å². The van der Waals surface area contributed by atoms with Gasteiger partial charge in [0, 0.05) is 17.0 Å². The minimum atomic E-state index is -3.29. The van der Waals surface area contributed by atoms with Gasteiger partial charge in [0.2, 0.25) is 0 Å². The molecule has 0 unspecified atom stereocenters. The smallest absolute Gasteiger partial charge is 0.188 e. The third-order valence-corrected chi connectivity index (χ3v) is 5.87. The molecule has 0 radical (unpaired) electrons. The van der Waals surface area contributed by atoms with Gasteiger partial charge in [0.05, 0.1) is 16.2 Å². The molecule has 0 aliphatic heterocycles. The Bertz CT molecular complexity index is 883. The van der Waals surface area contributed by atoms with E-state index in [1.807, 2.05) is 19.2 Å². The molecule has 0 saturated carbocycles. The monoisotopic (exact) mass is 336 g/mol. The van der Waals surface area contributed by atoms with E-state index in [1.54, 1.807) is 24.4 Å². The van der Waals surface area contributed by atoms with Crippen molar-refractivity contribution in [2.24, 2.45) is 5.92 Å². The number of nitrogens with zero attached hydrogens (tertiary/aromatic N) is 2. The first-order chi connectivity index (χ1) is 10.5. The molecular formula is C14H16N4O2S2. The van der Waals surface area contributed by atoms with Crippen LogP contribution in [0.2, 0.25) is 0 Å². The number of thiazole rings is 1. The number of aromatic nitrogens is 3. The van der Waals surface area contributed by atoms with Gasteiger partial charge >= 0.3 is 0 Å². The van der Waals surface area contributed by atoms with E-state index in [1.165, 1.54) is 11.3 Å². The molecule has 3 rings (SSSR count). The summed E-state index contributed by atoms with van der Waals surface area (Å²) in [5.41, 5.74) is 0.780. The number of sulfone groups is 1. The molecule has 0 fully saturated rings. The number of hydrogen-bond acceptors (Lipinski definition) is 6. The Morgan fingerprint density at radius 1 is 1.36 bits per heavy atom. The van der Waals surface area contributed by atoms with Crippen LogP contribution in [-0.4, -0.2) is 29.4 Å². The molecule has 0 atom stereocenters. The molecular weight excluding hydrogens is 320 g/mol. The van der Waals surface area contributed by atoms with Crippen molar-refractivity contribution in [3.8, 4) is 0 Å². The van der Waals surface area contributed by atoms with Crippen molar-refractivity contribution in [1.29, 1.82) is 0 Å². The second kappa shape index (κ2) is 5.69. The number of rotatable bonds is 5. The highest BCUT2D eigenvalue weighted by molar-refractivity contribution is 7.91. The molecule has 22 heavy (non-hydrogen) atoms. The SMILES string of the molecule is CC(C)CS(=O)(=O)c1ccc2[nH]nc(Nc3nccs3)c2c1. The number of H-pyrrole nitrogens is 1. The molecule has 3 aromatic rings. The van der Waals surface area contributed by atoms with Crippen LogP contribution in [0.5, 0.6) is 0 Å². The van der Waals surface area contributed by atoms with Crippen molar-refractivity contribution in [2.45, 2.75) is 18.7 Å². The Balaban J connectivity index is 2.01. The van der Waals surface area contributed by atoms with Crippen molar-refractivity contribution in [2.75, 3.05) is 11.1 Å². The van der Waals surface area contributed by atoms with Crippen LogP contribution in [0.3, 0.4) is 0 Å². The molecule has 0 bridgehead atoms. The predicted octanol–water partition coefficient (Wildman–Crippen LogP) is 3.19. The van der Waals surface area contributed by atoms with Crippen molar-refractivity contribution < 1.29 is 8.42 Å². The summed E-state index contributed by atoms with van der Waals surface area (Å²) in [7, 11) is -3.29. The molecule has 0 amide bonds. The van der Waals surface area contributed by atoms with Gasteiger partial charge in [0.25, 0.3) is 0 Å². The van der Waals surface area contributed by atoms with Crippen LogP contribution in [0.1, 0.15) is 13.8 Å². The van der Waals surface area contributed by atoms with Crippen molar-refractivity contribution in [3.05, 3.63) is 29.8 Å². The summed E-state index contributed by atoms with van der Waals surface area (Å²) in [4.78, 5) is 4.46. The maximum atomic E-state index is 12.4. The van der Waals surface area contributed by atoms with Gasteiger partial charge in [-0.25, -0.2) is 13.4 Å². The summed E-state index contributed by atoms with van der Waals surface area (Å²) in [6.07, 6.45) is 1.69. The molecule has 0 aliphatic rings. The van der Waals surface area contributed by atoms with Crippen LogP contribution in [0.25, 0.3) is 10.9 Å². The predicted molar refractivity (Wildman–Crippen MR) is 88.4 cm³/mol. The third-order valence-electron chi connectivity index (χ3n) is 3.10. The number of fused-ring (bicyclic) bond motifs is 1. The molecule has 116 valence electrons. The average molecular weight is 336 g/mol. The maximum Gasteiger partial charge on any atom is 0.188 e. The Morgan fingerprint density at radius 3 is 2.86 bits per heavy atom. The van der Waals surface area contributed by atoms with E-state index in [-0.39, 0.29) is 11.7 Å². The maximum absolute atomic E-state index is 12.4. The van der Waals surface area contributed by atoms with Crippen LogP contribution >= 0.6 is 11.3 Å². The van der Waals surface area contributed by atoms with Gasteiger partial charge < -0.3 is 5.32 Å². The fourth-order valence-electron chi connectivity index (χ4n) is 2.20. The molecule has 1 aromatic carbocycles. The van der Waals surface area contributed by atoms with Gasteiger partial charge in [-0.15, -0.1) is 11.3 Å². The van der Waals surface area contributed by atoms with Crippen molar-refractivity contribution >= 4 is 43.0 Å². The molecule has 2 aromatic heterocycles. The molecule has 2 N–H and O–H groups in total. The lowest BCUT2D eigenvalue weighted by Crippen LogP contribution is -2.11. The lowest BCUT2D eigenvalue weighted by molar-refractivity contribution is 0.582. The molecule has 0 spiro atoms. The Labute approximate surface area is 132 Å². The van der Waals surface area contributed by atoms with Gasteiger partial charge in [-0.05, 0) is 24.1 Å². The van der Waals surface area contributed by atoms with Gasteiger partial charge in [-0.2, -0.15) is 5.10 Å². The zero-order valence-electron chi connectivity index (χ0n) is 12.2. The number of nitrogens with one attached hydrogen (secondary N) is 2. The van der Waals surface area contributed by atoms with Crippen LogP contribution in [0.15, 0.2) is 34.7 Å². The molecule has 0 aliphatic carbocycles. The minimum Gasteiger partial charge on any atom is -0.314 e. The fraction of sp³-hybridized carbons (Fsp3) is 0.286. The molecule has 2 heterocycles. The van der Waals surface area contributed by atoms with E-state index in [0.717, 1.165) is 10.9 Å². The summed E-state index contributed by atoms with van der Waals surface area (Å²) in [6.45, 7) is 3.78. The lowest BCUT2D eigenvalue weighted by atomic mass is 10.2. The van der Waals surface area contributed by atoms with Crippen LogP contribution in [-0.2, 0) is 9.84 Å². The summed E-state index contributed by atoms with van der Waals surface area (Å²) in [6, 6.07) is 5.01. The first-order valence-electron chi connectivity index (χ1n) is 6.83. The summed E-state index contributed by atoms with van der Waals surface area (Å²) in [5.74, 6) is 0.788. The summed E-state index contributed by atoms with van der Waals surface area (Å²) in [5, 5.41) is 13.5. The Morgan fingerprint density at radius 2 is 2.18 bits per heavy atom. The van der Waals surface area contributed by atoms with E-state index in [4.69, 9.17) is 0 Å². The lowest BCUT2D eigenvalue weighted by Gasteiger charge is -2.07. The number of anilines is 2. The second-order valence-corrected chi connectivity index (χ2v) is 8.35. The van der Waals surface area contributed by atoms with E-state index in [0.29, 0.717) is 15.8 Å². The number of benzene rings is 1. The third kappa shape index (κ3) is 2.97. The zero-order valence-corrected chi connectivity index (χ0v) is 13.8. The molecule has 8 heteroatoms. The summed E-state index contributed by atoms with van der Waals surface area (Å²) < 4.78 is 24.8. The highest BCUT2D eigenvalue weighted by Crippen LogP contribution is 2.27.